The average Bonchev–Trinajstić information content (AvgIpc) is 2.89. The van der Waals surface area contributed by atoms with Crippen LogP contribution in [0.1, 0.15) is 49.7 Å². The highest BCUT2D eigenvalue weighted by Gasteiger charge is 2.51. The number of rotatable bonds is 5. The van der Waals surface area contributed by atoms with Gasteiger partial charge in [0.25, 0.3) is 5.56 Å². The van der Waals surface area contributed by atoms with Gasteiger partial charge in [-0.2, -0.15) is 0 Å². The third kappa shape index (κ3) is 4.71. The van der Waals surface area contributed by atoms with E-state index in [0.29, 0.717) is 17.1 Å². The van der Waals surface area contributed by atoms with Crippen molar-refractivity contribution in [2.24, 2.45) is 22.7 Å². The summed E-state index contributed by atoms with van der Waals surface area (Å²) in [6.45, 7) is 0. The first-order valence-corrected chi connectivity index (χ1v) is 13.9. The monoisotopic (exact) mass is 592 g/mol. The SMILES string of the molecule is COc1ccc(-n2c(O)c(C=NC(=O)Nc3cc(C45CC6CC(CC(C6)C4)C5)ccc3Br)c(=O)[nH]c2=O)cc1. The Hall–Kier alpha value is -3.66. The highest BCUT2D eigenvalue weighted by Crippen LogP contribution is 2.61. The van der Waals surface area contributed by atoms with Gasteiger partial charge in [-0.3, -0.25) is 9.78 Å². The summed E-state index contributed by atoms with van der Waals surface area (Å²) in [5.41, 5.74) is 0.336. The van der Waals surface area contributed by atoms with Crippen LogP contribution in [0.25, 0.3) is 5.69 Å². The number of urea groups is 1. The summed E-state index contributed by atoms with van der Waals surface area (Å²) in [6.07, 6.45) is 8.64. The molecule has 9 nitrogen and oxygen atoms in total. The van der Waals surface area contributed by atoms with Crippen molar-refractivity contribution in [1.29, 1.82) is 0 Å². The zero-order valence-corrected chi connectivity index (χ0v) is 23.0. The third-order valence-electron chi connectivity index (χ3n) is 8.62. The van der Waals surface area contributed by atoms with E-state index >= 15 is 0 Å². The van der Waals surface area contributed by atoms with Gasteiger partial charge in [-0.25, -0.2) is 19.1 Å². The minimum atomic E-state index is -0.858. The Labute approximate surface area is 233 Å². The Morgan fingerprint density at radius 3 is 2.36 bits per heavy atom. The summed E-state index contributed by atoms with van der Waals surface area (Å²) in [4.78, 5) is 43.7. The average molecular weight is 593 g/mol. The lowest BCUT2D eigenvalue weighted by molar-refractivity contribution is -0.00517. The second-order valence-electron chi connectivity index (χ2n) is 11.1. The maximum absolute atomic E-state index is 12.8. The van der Waals surface area contributed by atoms with Crippen LogP contribution < -0.4 is 21.3 Å². The normalized spacial score (nSPS) is 25.2. The van der Waals surface area contributed by atoms with E-state index in [9.17, 15) is 19.5 Å². The quantitative estimate of drug-likeness (QED) is 0.354. The van der Waals surface area contributed by atoms with Crippen molar-refractivity contribution in [3.05, 3.63) is 78.9 Å². The molecule has 0 saturated heterocycles. The topological polar surface area (TPSA) is 126 Å². The number of amides is 2. The lowest BCUT2D eigenvalue weighted by Crippen LogP contribution is -2.48. The smallest absolute Gasteiger partial charge is 0.345 e. The van der Waals surface area contributed by atoms with Crippen LogP contribution in [0.3, 0.4) is 0 Å². The van der Waals surface area contributed by atoms with E-state index in [1.165, 1.54) is 51.2 Å². The molecule has 0 unspecified atom stereocenters. The number of methoxy groups -OCH3 is 1. The van der Waals surface area contributed by atoms with Crippen molar-refractivity contribution in [3.63, 3.8) is 0 Å². The van der Waals surface area contributed by atoms with Crippen LogP contribution in [0.15, 0.2) is 61.5 Å². The summed E-state index contributed by atoms with van der Waals surface area (Å²) in [5, 5.41) is 13.5. The maximum atomic E-state index is 12.8. The number of aromatic nitrogens is 2. The van der Waals surface area contributed by atoms with E-state index < -0.39 is 23.2 Å². The van der Waals surface area contributed by atoms with Gasteiger partial charge in [-0.15, -0.1) is 0 Å². The molecule has 4 aliphatic rings. The highest BCUT2D eigenvalue weighted by atomic mass is 79.9. The molecule has 3 N–H and O–H groups in total. The number of aliphatic imine (C=N–C) groups is 1. The molecule has 202 valence electrons. The molecule has 0 aliphatic heterocycles. The molecule has 2 amide bonds. The Morgan fingerprint density at radius 1 is 1.10 bits per heavy atom. The van der Waals surface area contributed by atoms with Crippen LogP contribution in [-0.4, -0.2) is 34.0 Å². The van der Waals surface area contributed by atoms with Crippen molar-refractivity contribution in [3.8, 4) is 17.3 Å². The number of nitrogens with one attached hydrogen (secondary N) is 2. The van der Waals surface area contributed by atoms with Gasteiger partial charge in [0.1, 0.15) is 11.3 Å². The van der Waals surface area contributed by atoms with Crippen LogP contribution in [0.2, 0.25) is 0 Å². The number of nitrogens with zero attached hydrogens (tertiary/aromatic N) is 2. The number of halogens is 1. The van der Waals surface area contributed by atoms with Gasteiger partial charge in [0, 0.05) is 4.47 Å². The standard InChI is InChI=1S/C29H29BrN4O5/c1-39-21-5-3-20(4-6-21)34-26(36)22(25(35)33-28(34)38)15-31-27(37)32-24-11-19(2-7-23(24)30)29-12-16-8-17(13-29)10-18(9-16)14-29/h2-7,11,15-18,36H,8-10,12-14H2,1H3,(H,32,37)(H,33,35,38). The third-order valence-corrected chi connectivity index (χ3v) is 9.31. The molecule has 0 atom stereocenters. The number of ether oxygens (including phenoxy) is 1. The van der Waals surface area contributed by atoms with E-state index in [-0.39, 0.29) is 11.0 Å². The molecule has 1 heterocycles. The van der Waals surface area contributed by atoms with Crippen LogP contribution in [0, 0.1) is 17.8 Å². The molecule has 4 fully saturated rings. The summed E-state index contributed by atoms with van der Waals surface area (Å²) in [7, 11) is 1.51. The van der Waals surface area contributed by atoms with Crippen molar-refractivity contribution < 1.29 is 14.6 Å². The van der Waals surface area contributed by atoms with Crippen LogP contribution in [0.5, 0.6) is 11.6 Å². The zero-order valence-electron chi connectivity index (χ0n) is 21.4. The van der Waals surface area contributed by atoms with E-state index in [1.54, 1.807) is 24.3 Å². The molecule has 0 spiro atoms. The molecule has 4 bridgehead atoms. The molecule has 3 aromatic rings. The van der Waals surface area contributed by atoms with Crippen LogP contribution in [0.4, 0.5) is 10.5 Å². The zero-order chi connectivity index (χ0) is 27.3. The highest BCUT2D eigenvalue weighted by molar-refractivity contribution is 9.10. The minimum Gasteiger partial charge on any atom is -0.497 e. The lowest BCUT2D eigenvalue weighted by Gasteiger charge is -2.57. The first kappa shape index (κ1) is 25.6. The van der Waals surface area contributed by atoms with Crippen molar-refractivity contribution in [2.45, 2.75) is 43.9 Å². The van der Waals surface area contributed by atoms with E-state index in [1.807, 2.05) is 12.1 Å². The van der Waals surface area contributed by atoms with Crippen molar-refractivity contribution in [1.82, 2.24) is 9.55 Å². The van der Waals surface area contributed by atoms with Crippen molar-refractivity contribution >= 4 is 33.9 Å². The van der Waals surface area contributed by atoms with Gasteiger partial charge >= 0.3 is 11.7 Å². The molecular weight excluding hydrogens is 564 g/mol. The van der Waals surface area contributed by atoms with Gasteiger partial charge in [0.2, 0.25) is 5.88 Å². The number of hydrogen-bond donors (Lipinski definition) is 3. The number of carbonyl (C=O) groups excluding carboxylic acids is 1. The Kier molecular flexibility index (Phi) is 6.45. The predicted molar refractivity (Wildman–Crippen MR) is 151 cm³/mol. The molecule has 7 rings (SSSR count). The Bertz CT molecular complexity index is 1560. The van der Waals surface area contributed by atoms with Gasteiger partial charge < -0.3 is 15.2 Å². The summed E-state index contributed by atoms with van der Waals surface area (Å²) in [6, 6.07) is 11.8. The van der Waals surface area contributed by atoms with E-state index in [0.717, 1.165) is 33.0 Å². The van der Waals surface area contributed by atoms with E-state index in [2.05, 4.69) is 37.3 Å². The largest absolute Gasteiger partial charge is 0.497 e. The molecule has 1 aromatic heterocycles. The molecule has 4 saturated carbocycles. The summed E-state index contributed by atoms with van der Waals surface area (Å²) in [5.74, 6) is 2.33. The molecular formula is C29H29BrN4O5. The number of carbonyl (C=O) groups is 1. The molecule has 2 aromatic carbocycles. The Morgan fingerprint density at radius 2 is 1.74 bits per heavy atom. The predicted octanol–water partition coefficient (Wildman–Crippen LogP) is 5.12. The first-order valence-electron chi connectivity index (χ1n) is 13.1. The van der Waals surface area contributed by atoms with Gasteiger partial charge in [-0.05, 0) is 120 Å². The molecule has 39 heavy (non-hydrogen) atoms. The van der Waals surface area contributed by atoms with Crippen molar-refractivity contribution in [2.75, 3.05) is 12.4 Å². The number of H-pyrrole nitrogens is 1. The molecule has 4 aliphatic carbocycles. The fourth-order valence-corrected chi connectivity index (χ4v) is 7.66. The van der Waals surface area contributed by atoms with Gasteiger partial charge in [0.05, 0.1) is 24.7 Å². The van der Waals surface area contributed by atoms with E-state index in [4.69, 9.17) is 4.74 Å². The van der Waals surface area contributed by atoms with Crippen LogP contribution >= 0.6 is 15.9 Å². The fourth-order valence-electron chi connectivity index (χ4n) is 7.31. The lowest BCUT2D eigenvalue weighted by atomic mass is 9.48. The number of hydrogen-bond acceptors (Lipinski definition) is 5. The second-order valence-corrected chi connectivity index (χ2v) is 12.0. The maximum Gasteiger partial charge on any atom is 0.345 e. The number of aromatic hydroxyl groups is 1. The molecule has 0 radical (unpaired) electrons. The fraction of sp³-hybridized carbons (Fsp3) is 0.379. The second kappa shape index (κ2) is 9.82. The number of anilines is 1. The van der Waals surface area contributed by atoms with Crippen LogP contribution in [-0.2, 0) is 5.41 Å². The minimum absolute atomic E-state index is 0.173. The summed E-state index contributed by atoms with van der Waals surface area (Å²) < 4.78 is 6.77. The molecule has 10 heteroatoms. The summed E-state index contributed by atoms with van der Waals surface area (Å²) >= 11 is 3.53. The van der Waals surface area contributed by atoms with Gasteiger partial charge in [-0.1, -0.05) is 6.07 Å². The van der Waals surface area contributed by atoms with Gasteiger partial charge in [0.15, 0.2) is 0 Å². The number of aromatic amines is 1. The number of benzene rings is 2. The Balaban J connectivity index is 1.25. The first-order chi connectivity index (χ1) is 18.7.